The highest BCUT2D eigenvalue weighted by Gasteiger charge is 2.45. The monoisotopic (exact) mass is 719 g/mol. The van der Waals surface area contributed by atoms with Crippen LogP contribution in [0.5, 0.6) is 0 Å². The maximum atomic E-state index is 13.2. The SMILES string of the molecule is N#Cc1ccc(NC2CCC(NC(=O)c3ccc(N4CC(CN5Cc6cc7c(cc6C5)C(=O)N(C5CCC(=O)NC5=O)C7=O)C4)cc3)CC2)cc1Cl. The highest BCUT2D eigenvalue weighted by molar-refractivity contribution is 6.32. The van der Waals surface area contributed by atoms with E-state index in [1.807, 2.05) is 30.3 Å². The fraction of sp³-hybridized carbons (Fsp3) is 0.385. The summed E-state index contributed by atoms with van der Waals surface area (Å²) in [4.78, 5) is 69.2. The van der Waals surface area contributed by atoms with Gasteiger partial charge in [0, 0.05) is 74.1 Å². The number of anilines is 2. The Bertz CT molecular complexity index is 1990. The van der Waals surface area contributed by atoms with Crippen molar-refractivity contribution >= 4 is 52.5 Å². The number of halogens is 1. The summed E-state index contributed by atoms with van der Waals surface area (Å²) in [5.41, 5.74) is 5.79. The summed E-state index contributed by atoms with van der Waals surface area (Å²) in [7, 11) is 0. The Morgan fingerprint density at radius 3 is 2.13 bits per heavy atom. The molecule has 3 fully saturated rings. The summed E-state index contributed by atoms with van der Waals surface area (Å²) in [5.74, 6) is -1.54. The number of nitriles is 1. The molecule has 5 amide bonds. The molecule has 2 saturated heterocycles. The lowest BCUT2D eigenvalue weighted by Crippen LogP contribution is -2.54. The van der Waals surface area contributed by atoms with Crippen LogP contribution in [0.4, 0.5) is 11.4 Å². The highest BCUT2D eigenvalue weighted by atomic mass is 35.5. The van der Waals surface area contributed by atoms with Crippen LogP contribution in [0.1, 0.15) is 86.3 Å². The van der Waals surface area contributed by atoms with E-state index in [4.69, 9.17) is 16.9 Å². The Morgan fingerprint density at radius 1 is 0.865 bits per heavy atom. The van der Waals surface area contributed by atoms with Crippen molar-refractivity contribution in [1.82, 2.24) is 20.4 Å². The van der Waals surface area contributed by atoms with Gasteiger partial charge in [0.05, 0.1) is 21.7 Å². The summed E-state index contributed by atoms with van der Waals surface area (Å²) < 4.78 is 0. The second-order valence-corrected chi connectivity index (χ2v) is 15.0. The predicted octanol–water partition coefficient (Wildman–Crippen LogP) is 4.22. The number of carbonyl (C=O) groups excluding carboxylic acids is 5. The van der Waals surface area contributed by atoms with E-state index in [-0.39, 0.29) is 30.8 Å². The topological polar surface area (TPSA) is 155 Å². The van der Waals surface area contributed by atoms with Gasteiger partial charge in [-0.1, -0.05) is 11.6 Å². The Hall–Kier alpha value is -5.25. The molecule has 1 aliphatic carbocycles. The number of piperidine rings is 1. The minimum atomic E-state index is -0.964. The summed E-state index contributed by atoms with van der Waals surface area (Å²) in [6, 6.07) is 18.3. The lowest BCUT2D eigenvalue weighted by Gasteiger charge is -2.42. The van der Waals surface area contributed by atoms with Crippen molar-refractivity contribution in [2.24, 2.45) is 5.92 Å². The van der Waals surface area contributed by atoms with Gasteiger partial charge >= 0.3 is 0 Å². The Kier molecular flexibility index (Phi) is 8.93. The third-order valence-electron chi connectivity index (χ3n) is 11.0. The quantitative estimate of drug-likeness (QED) is 0.291. The number of imide groups is 2. The van der Waals surface area contributed by atoms with E-state index in [9.17, 15) is 24.0 Å². The average molecular weight is 720 g/mol. The maximum Gasteiger partial charge on any atom is 0.262 e. The minimum Gasteiger partial charge on any atom is -0.382 e. The van der Waals surface area contributed by atoms with Crippen molar-refractivity contribution in [2.45, 2.75) is 69.7 Å². The zero-order valence-electron chi connectivity index (χ0n) is 28.5. The first kappa shape index (κ1) is 33.9. The van der Waals surface area contributed by atoms with Crippen LogP contribution in [-0.4, -0.2) is 77.1 Å². The number of rotatable bonds is 8. The van der Waals surface area contributed by atoms with Gasteiger partial charge in [-0.25, -0.2) is 0 Å². The minimum absolute atomic E-state index is 0.0602. The number of nitrogens with one attached hydrogen (secondary N) is 3. The summed E-state index contributed by atoms with van der Waals surface area (Å²) in [6.07, 6.45) is 3.84. The van der Waals surface area contributed by atoms with Crippen molar-refractivity contribution in [2.75, 3.05) is 29.9 Å². The number of hydrogen-bond donors (Lipinski definition) is 3. The van der Waals surface area contributed by atoms with E-state index in [1.165, 1.54) is 0 Å². The van der Waals surface area contributed by atoms with Gasteiger partial charge < -0.3 is 15.5 Å². The van der Waals surface area contributed by atoms with Gasteiger partial charge in [0.2, 0.25) is 11.8 Å². The van der Waals surface area contributed by atoms with Gasteiger partial charge in [0.15, 0.2) is 0 Å². The van der Waals surface area contributed by atoms with Crippen molar-refractivity contribution in [1.29, 1.82) is 5.26 Å². The van der Waals surface area contributed by atoms with Crippen LogP contribution >= 0.6 is 11.6 Å². The first-order valence-corrected chi connectivity index (χ1v) is 18.2. The molecule has 12 nitrogen and oxygen atoms in total. The summed E-state index contributed by atoms with van der Waals surface area (Å²) >= 11 is 6.18. The zero-order valence-corrected chi connectivity index (χ0v) is 29.2. The van der Waals surface area contributed by atoms with Crippen molar-refractivity contribution < 1.29 is 24.0 Å². The standard InChI is InChI=1S/C39H38ClN7O5/c40-33-15-29(4-1-24(33)16-41)42-27-5-7-28(8-6-27)43-36(49)23-2-9-30(10-3-23)46-18-22(19-46)17-45-20-25-13-31-32(14-26(25)21-45)39(52)47(38(31)51)34-11-12-35(48)44-37(34)50/h1-4,9-10,13-15,22,27-28,34,42H,5-8,11-12,17-21H2,(H,43,49)(H,44,48,50). The van der Waals surface area contributed by atoms with E-state index in [0.29, 0.717) is 46.3 Å². The van der Waals surface area contributed by atoms with Crippen LogP contribution in [0.3, 0.4) is 0 Å². The molecule has 1 unspecified atom stereocenters. The van der Waals surface area contributed by atoms with E-state index < -0.39 is 29.7 Å². The largest absolute Gasteiger partial charge is 0.382 e. The van der Waals surface area contributed by atoms with Gasteiger partial charge in [0.25, 0.3) is 17.7 Å². The lowest BCUT2D eigenvalue weighted by molar-refractivity contribution is -0.136. The molecule has 4 aliphatic heterocycles. The molecule has 5 aliphatic rings. The second-order valence-electron chi connectivity index (χ2n) is 14.6. The Balaban J connectivity index is 0.782. The van der Waals surface area contributed by atoms with Crippen molar-refractivity contribution in [3.05, 3.63) is 93.0 Å². The molecule has 3 aromatic carbocycles. The normalized spacial score (nSPS) is 23.1. The predicted molar refractivity (Wildman–Crippen MR) is 193 cm³/mol. The third-order valence-corrected chi connectivity index (χ3v) is 11.4. The molecule has 3 N–H and O–H groups in total. The maximum absolute atomic E-state index is 13.2. The zero-order chi connectivity index (χ0) is 36.1. The molecule has 52 heavy (non-hydrogen) atoms. The van der Waals surface area contributed by atoms with Crippen LogP contribution in [0.2, 0.25) is 5.02 Å². The molecule has 0 radical (unpaired) electrons. The van der Waals surface area contributed by atoms with Crippen LogP contribution in [0.25, 0.3) is 0 Å². The highest BCUT2D eigenvalue weighted by Crippen LogP contribution is 2.35. The number of amides is 5. The molecular weight excluding hydrogens is 682 g/mol. The molecule has 1 saturated carbocycles. The summed E-state index contributed by atoms with van der Waals surface area (Å²) in [6.45, 7) is 4.07. The Labute approximate surface area is 306 Å². The fourth-order valence-electron chi connectivity index (χ4n) is 8.23. The fourth-order valence-corrected chi connectivity index (χ4v) is 8.46. The molecule has 1 atom stereocenters. The number of fused-ring (bicyclic) bond motifs is 2. The van der Waals surface area contributed by atoms with Gasteiger partial charge in [0.1, 0.15) is 12.1 Å². The number of nitrogens with zero attached hydrogens (tertiary/aromatic N) is 4. The van der Waals surface area contributed by atoms with Gasteiger partial charge in [-0.2, -0.15) is 5.26 Å². The molecule has 0 bridgehead atoms. The molecule has 3 aromatic rings. The third kappa shape index (κ3) is 6.50. The van der Waals surface area contributed by atoms with Crippen LogP contribution in [0.15, 0.2) is 54.6 Å². The average Bonchev–Trinajstić information content (AvgIpc) is 3.62. The second kappa shape index (κ2) is 13.7. The molecule has 0 aromatic heterocycles. The molecule has 4 heterocycles. The number of carbonyl (C=O) groups is 5. The van der Waals surface area contributed by atoms with E-state index >= 15 is 0 Å². The van der Waals surface area contributed by atoms with E-state index in [1.54, 1.807) is 24.3 Å². The summed E-state index contributed by atoms with van der Waals surface area (Å²) in [5, 5.41) is 18.5. The van der Waals surface area contributed by atoms with E-state index in [0.717, 1.165) is 72.7 Å². The van der Waals surface area contributed by atoms with E-state index in [2.05, 4.69) is 31.8 Å². The van der Waals surface area contributed by atoms with Crippen LogP contribution < -0.4 is 20.9 Å². The molecule has 13 heteroatoms. The molecule has 0 spiro atoms. The van der Waals surface area contributed by atoms with Crippen LogP contribution in [0, 0.1) is 17.2 Å². The van der Waals surface area contributed by atoms with Crippen molar-refractivity contribution in [3.63, 3.8) is 0 Å². The van der Waals surface area contributed by atoms with Gasteiger partial charge in [-0.05, 0) is 97.8 Å². The number of hydrogen-bond acceptors (Lipinski definition) is 9. The smallest absolute Gasteiger partial charge is 0.262 e. The van der Waals surface area contributed by atoms with Gasteiger partial charge in [-0.15, -0.1) is 0 Å². The molecule has 266 valence electrons. The number of benzene rings is 3. The molecule has 8 rings (SSSR count). The molecular formula is C39H38ClN7O5. The first-order chi connectivity index (χ1) is 25.1. The van der Waals surface area contributed by atoms with Crippen LogP contribution in [-0.2, 0) is 22.7 Å². The first-order valence-electron chi connectivity index (χ1n) is 17.9. The van der Waals surface area contributed by atoms with Crippen molar-refractivity contribution in [3.8, 4) is 6.07 Å². The van der Waals surface area contributed by atoms with Gasteiger partial charge in [-0.3, -0.25) is 39.1 Å². The Morgan fingerprint density at radius 2 is 1.52 bits per heavy atom. The lowest BCUT2D eigenvalue weighted by atomic mass is 9.90.